The summed E-state index contributed by atoms with van der Waals surface area (Å²) in [7, 11) is 0. The molecule has 2 aliphatic heterocycles. The van der Waals surface area contributed by atoms with Gasteiger partial charge in [0.1, 0.15) is 40.6 Å². The fraction of sp³-hybridized carbons (Fsp3) is 0.571. The van der Waals surface area contributed by atoms with E-state index in [1.54, 1.807) is 21.6 Å². The molecule has 3 fully saturated rings. The lowest BCUT2D eigenvalue weighted by atomic mass is 9.65. The van der Waals surface area contributed by atoms with Gasteiger partial charge in [-0.15, -0.1) is 0 Å². The Morgan fingerprint density at radius 2 is 1.73 bits per heavy atom. The highest BCUT2D eigenvalue weighted by Gasteiger charge is 2.55. The van der Waals surface area contributed by atoms with Crippen molar-refractivity contribution in [2.45, 2.75) is 77.5 Å². The molecule has 2 aliphatic carbocycles. The molecule has 12 heteroatoms. The van der Waals surface area contributed by atoms with Crippen molar-refractivity contribution in [3.63, 3.8) is 0 Å². The molecule has 2 spiro atoms. The molecule has 40 heavy (non-hydrogen) atoms. The van der Waals surface area contributed by atoms with E-state index >= 15 is 0 Å². The Morgan fingerprint density at radius 3 is 2.38 bits per heavy atom. The first-order valence-electron chi connectivity index (χ1n) is 13.8. The number of anilines is 3. The number of nitrogens with one attached hydrogen (secondary N) is 3. The summed E-state index contributed by atoms with van der Waals surface area (Å²) in [5, 5.41) is 8.99. The van der Waals surface area contributed by atoms with Crippen LogP contribution in [0.3, 0.4) is 0 Å². The largest absolute Gasteiger partial charge is 0.444 e. The number of ether oxygens (including phenoxy) is 1. The van der Waals surface area contributed by atoms with Gasteiger partial charge in [0.15, 0.2) is 0 Å². The highest BCUT2D eigenvalue weighted by atomic mass is 16.6. The molecule has 0 bridgehead atoms. The van der Waals surface area contributed by atoms with Gasteiger partial charge in [-0.2, -0.15) is 0 Å². The van der Waals surface area contributed by atoms with Crippen LogP contribution in [0.2, 0.25) is 0 Å². The topological polar surface area (TPSA) is 148 Å². The van der Waals surface area contributed by atoms with Crippen molar-refractivity contribution >= 4 is 35.2 Å². The number of rotatable bonds is 4. The number of hydrogen-bond donors (Lipinski definition) is 3. The summed E-state index contributed by atoms with van der Waals surface area (Å²) in [6, 6.07) is 3.25. The van der Waals surface area contributed by atoms with Crippen LogP contribution < -0.4 is 21.5 Å². The van der Waals surface area contributed by atoms with Gasteiger partial charge < -0.3 is 25.6 Å². The molecule has 1 saturated heterocycles. The van der Waals surface area contributed by atoms with Crippen molar-refractivity contribution in [1.29, 1.82) is 0 Å². The van der Waals surface area contributed by atoms with Gasteiger partial charge >= 0.3 is 6.09 Å². The molecule has 12 nitrogen and oxygen atoms in total. The number of likely N-dealkylation sites (tertiary alicyclic amines) is 1. The normalized spacial score (nSPS) is 20.5. The maximum atomic E-state index is 13.8. The van der Waals surface area contributed by atoms with Gasteiger partial charge in [0, 0.05) is 30.5 Å². The molecule has 3 amide bonds. The third-order valence-electron chi connectivity index (χ3n) is 8.35. The Bertz CT molecular complexity index is 1460. The van der Waals surface area contributed by atoms with Gasteiger partial charge in [0.2, 0.25) is 5.91 Å². The number of hydrogen-bond acceptors (Lipinski definition) is 8. The Kier molecular flexibility index (Phi) is 5.93. The lowest BCUT2D eigenvalue weighted by molar-refractivity contribution is -0.117. The van der Waals surface area contributed by atoms with Crippen molar-refractivity contribution in [3.05, 3.63) is 40.1 Å². The molecule has 0 radical (unpaired) electrons. The minimum Gasteiger partial charge on any atom is -0.444 e. The van der Waals surface area contributed by atoms with Gasteiger partial charge in [-0.05, 0) is 77.8 Å². The Morgan fingerprint density at radius 1 is 1.05 bits per heavy atom. The second kappa shape index (κ2) is 9.03. The van der Waals surface area contributed by atoms with E-state index in [-0.39, 0.29) is 40.5 Å². The van der Waals surface area contributed by atoms with Crippen LogP contribution in [0.25, 0.3) is 0 Å². The molecule has 4 aliphatic rings. The van der Waals surface area contributed by atoms with Gasteiger partial charge in [-0.1, -0.05) is 0 Å². The van der Waals surface area contributed by atoms with E-state index in [1.165, 1.54) is 6.33 Å². The minimum atomic E-state index is -0.821. The third kappa shape index (κ3) is 4.69. The van der Waals surface area contributed by atoms with E-state index < -0.39 is 11.3 Å². The second-order valence-corrected chi connectivity index (χ2v) is 12.7. The van der Waals surface area contributed by atoms with E-state index in [0.29, 0.717) is 48.8 Å². The maximum Gasteiger partial charge on any atom is 0.410 e. The zero-order valence-corrected chi connectivity index (χ0v) is 23.3. The molecular formula is C28H35N7O5. The zero-order valence-electron chi connectivity index (χ0n) is 23.3. The molecule has 212 valence electrons. The van der Waals surface area contributed by atoms with Crippen LogP contribution in [0.15, 0.2) is 23.3 Å². The second-order valence-electron chi connectivity index (χ2n) is 12.7. The van der Waals surface area contributed by atoms with E-state index in [4.69, 9.17) is 4.74 Å². The zero-order chi connectivity index (χ0) is 28.4. The molecule has 4 heterocycles. The predicted octanol–water partition coefficient (Wildman–Crippen LogP) is 3.25. The first kappa shape index (κ1) is 26.3. The molecule has 0 atom stereocenters. The minimum absolute atomic E-state index is 0.0338. The smallest absolute Gasteiger partial charge is 0.410 e. The molecule has 6 rings (SSSR count). The summed E-state index contributed by atoms with van der Waals surface area (Å²) >= 11 is 0. The van der Waals surface area contributed by atoms with E-state index in [2.05, 4.69) is 25.9 Å². The number of aromatic nitrogens is 3. The average Bonchev–Trinajstić information content (AvgIpc) is 3.66. The lowest BCUT2D eigenvalue weighted by Crippen LogP contribution is -2.63. The van der Waals surface area contributed by atoms with Crippen LogP contribution in [0.5, 0.6) is 0 Å². The Balaban J connectivity index is 1.20. The molecular weight excluding hydrogens is 514 g/mol. The van der Waals surface area contributed by atoms with Crippen molar-refractivity contribution in [2.24, 2.45) is 11.3 Å². The highest BCUT2D eigenvalue weighted by Crippen LogP contribution is 2.50. The fourth-order valence-corrected chi connectivity index (χ4v) is 6.13. The molecule has 0 unspecified atom stereocenters. The number of carbonyl (C=O) groups is 3. The molecule has 0 aromatic carbocycles. The van der Waals surface area contributed by atoms with Crippen molar-refractivity contribution in [2.75, 3.05) is 23.7 Å². The molecule has 2 aromatic rings. The average molecular weight is 550 g/mol. The van der Waals surface area contributed by atoms with Crippen LogP contribution in [0.4, 0.5) is 22.1 Å². The quantitative estimate of drug-likeness (QED) is 0.527. The van der Waals surface area contributed by atoms with Crippen LogP contribution in [-0.4, -0.2) is 56.0 Å². The van der Waals surface area contributed by atoms with Crippen LogP contribution in [-0.2, 0) is 15.2 Å². The molecule has 2 saturated carbocycles. The standard InChI is InChI=1S/C28H35N7O5/c1-16-11-18(31-19-12-20(30-15-29-19)32-22(36)17-5-6-17)24(38)35-21(16)23(37)33-28(35)9-7-27(8-10-28)13-34(14-27)25(39)40-26(2,3)4/h11-12,15,17H,5-10,13-14H2,1-4H3,(H,33,37)(H2,29,30,31,32,36). The Labute approximate surface area is 231 Å². The van der Waals surface area contributed by atoms with Crippen LogP contribution in [0.1, 0.15) is 75.3 Å². The van der Waals surface area contributed by atoms with Gasteiger partial charge in [-0.25, -0.2) is 14.8 Å². The lowest BCUT2D eigenvalue weighted by Gasteiger charge is -2.55. The molecule has 3 N–H and O–H groups in total. The number of fused-ring (bicyclic) bond motifs is 2. The fourth-order valence-electron chi connectivity index (χ4n) is 6.13. The third-order valence-corrected chi connectivity index (χ3v) is 8.35. The summed E-state index contributed by atoms with van der Waals surface area (Å²) in [6.45, 7) is 8.59. The van der Waals surface area contributed by atoms with Gasteiger partial charge in [-0.3, -0.25) is 19.0 Å². The van der Waals surface area contributed by atoms with E-state index in [0.717, 1.165) is 25.7 Å². The number of nitrogens with zero attached hydrogens (tertiary/aromatic N) is 4. The molecule has 2 aromatic heterocycles. The van der Waals surface area contributed by atoms with Crippen LogP contribution >= 0.6 is 0 Å². The van der Waals surface area contributed by atoms with E-state index in [9.17, 15) is 19.2 Å². The maximum absolute atomic E-state index is 13.8. The number of aryl methyl sites for hydroxylation is 1. The van der Waals surface area contributed by atoms with Crippen molar-refractivity contribution in [1.82, 2.24) is 24.8 Å². The van der Waals surface area contributed by atoms with Crippen molar-refractivity contribution < 1.29 is 19.1 Å². The monoisotopic (exact) mass is 549 g/mol. The number of amides is 3. The number of carbonyl (C=O) groups excluding carboxylic acids is 3. The summed E-state index contributed by atoms with van der Waals surface area (Å²) in [5.41, 5.74) is -0.387. The van der Waals surface area contributed by atoms with E-state index in [1.807, 2.05) is 27.7 Å². The summed E-state index contributed by atoms with van der Waals surface area (Å²) in [6.07, 6.45) is 5.49. The van der Waals surface area contributed by atoms with Gasteiger partial charge in [0.05, 0.1) is 0 Å². The first-order chi connectivity index (χ1) is 18.9. The van der Waals surface area contributed by atoms with Gasteiger partial charge in [0.25, 0.3) is 11.5 Å². The Hall–Kier alpha value is -3.96. The van der Waals surface area contributed by atoms with Crippen molar-refractivity contribution in [3.8, 4) is 0 Å². The highest BCUT2D eigenvalue weighted by molar-refractivity contribution is 5.97. The summed E-state index contributed by atoms with van der Waals surface area (Å²) in [5.74, 6) is 0.433. The summed E-state index contributed by atoms with van der Waals surface area (Å²) < 4.78 is 7.12. The van der Waals surface area contributed by atoms with Crippen LogP contribution in [0, 0.1) is 18.3 Å². The summed E-state index contributed by atoms with van der Waals surface area (Å²) in [4.78, 5) is 61.6. The SMILES string of the molecule is Cc1cc(Nc2cc(NC(=O)C3CC3)ncn2)c(=O)n2c1C(=O)NC21CCC2(CC1)CN(C(=O)OC(C)(C)C)C2. The first-order valence-corrected chi connectivity index (χ1v) is 13.8. The number of pyridine rings is 1. The predicted molar refractivity (Wildman–Crippen MR) is 146 cm³/mol.